The highest BCUT2D eigenvalue weighted by Gasteiger charge is 2.32. The van der Waals surface area contributed by atoms with Crippen molar-refractivity contribution in [2.75, 3.05) is 6.54 Å². The first-order valence-electron chi connectivity index (χ1n) is 13.1. The third-order valence-corrected chi connectivity index (χ3v) is 6.16. The average molecular weight is 524 g/mol. The Labute approximate surface area is 223 Å². The van der Waals surface area contributed by atoms with Gasteiger partial charge in [0.15, 0.2) is 0 Å². The van der Waals surface area contributed by atoms with Gasteiger partial charge >= 0.3 is 11.9 Å². The van der Waals surface area contributed by atoms with E-state index in [1.54, 1.807) is 0 Å². The normalized spacial score (nSPS) is 16.3. The van der Waals surface area contributed by atoms with E-state index in [1.807, 2.05) is 74.5 Å². The highest BCUT2D eigenvalue weighted by molar-refractivity contribution is 5.94. The van der Waals surface area contributed by atoms with E-state index in [9.17, 15) is 19.2 Å². The lowest BCUT2D eigenvalue weighted by atomic mass is 10.0. The monoisotopic (exact) mass is 523 g/mol. The summed E-state index contributed by atoms with van der Waals surface area (Å²) in [5, 5.41) is 8.46. The van der Waals surface area contributed by atoms with Gasteiger partial charge in [-0.05, 0) is 42.9 Å². The van der Waals surface area contributed by atoms with Gasteiger partial charge in [-0.25, -0.2) is 4.79 Å². The van der Waals surface area contributed by atoms with E-state index in [0.717, 1.165) is 17.5 Å². The summed E-state index contributed by atoms with van der Waals surface area (Å²) in [7, 11) is 0. The Morgan fingerprint density at radius 2 is 1.47 bits per heavy atom. The molecular weight excluding hydrogens is 486 g/mol. The van der Waals surface area contributed by atoms with Crippen molar-refractivity contribution in [3.8, 4) is 0 Å². The van der Waals surface area contributed by atoms with Crippen molar-refractivity contribution in [1.29, 1.82) is 0 Å². The van der Waals surface area contributed by atoms with E-state index in [1.165, 1.54) is 0 Å². The van der Waals surface area contributed by atoms with Gasteiger partial charge in [0.2, 0.25) is 11.8 Å². The van der Waals surface area contributed by atoms with Crippen molar-refractivity contribution in [3.05, 3.63) is 71.8 Å². The van der Waals surface area contributed by atoms with Crippen molar-refractivity contribution in [1.82, 2.24) is 16.0 Å². The summed E-state index contributed by atoms with van der Waals surface area (Å²) in [5.41, 5.74) is 1.63. The molecule has 0 saturated carbocycles. The van der Waals surface area contributed by atoms with Gasteiger partial charge in [0.25, 0.3) is 0 Å². The fourth-order valence-electron chi connectivity index (χ4n) is 4.14. The van der Waals surface area contributed by atoms with Crippen molar-refractivity contribution < 1.29 is 28.7 Å². The van der Waals surface area contributed by atoms with Crippen LogP contribution in [0.25, 0.3) is 0 Å². The quantitative estimate of drug-likeness (QED) is 0.345. The maximum Gasteiger partial charge on any atom is 0.328 e. The lowest BCUT2D eigenvalue weighted by molar-refractivity contribution is -0.150. The standard InChI is InChI=1S/C29H37N3O6/c1-20(2)16-25(29(36)38-19-22-12-7-4-8-13-22)32-28(35)24(31-27(34)23-14-9-15-30-23)17-26(33)37-18-21-10-5-3-6-11-21/h3-8,10-13,20,23-25,30H,9,14-19H2,1-2H3,(H,31,34)(H,32,35)/t23-,24-,25-/m0/s1. The van der Waals surface area contributed by atoms with Crippen molar-refractivity contribution in [2.24, 2.45) is 5.92 Å². The van der Waals surface area contributed by atoms with Gasteiger partial charge in [-0.3, -0.25) is 14.4 Å². The van der Waals surface area contributed by atoms with E-state index in [2.05, 4.69) is 16.0 Å². The molecule has 0 aromatic heterocycles. The molecule has 1 aliphatic rings. The Kier molecular flexibility index (Phi) is 11.3. The molecule has 38 heavy (non-hydrogen) atoms. The Hall–Kier alpha value is -3.72. The zero-order valence-electron chi connectivity index (χ0n) is 22.0. The van der Waals surface area contributed by atoms with Gasteiger partial charge in [0.1, 0.15) is 25.3 Å². The summed E-state index contributed by atoms with van der Waals surface area (Å²) >= 11 is 0. The van der Waals surface area contributed by atoms with Crippen LogP contribution in [0.5, 0.6) is 0 Å². The first kappa shape index (κ1) is 28.8. The molecule has 3 atom stereocenters. The van der Waals surface area contributed by atoms with Gasteiger partial charge in [0.05, 0.1) is 12.5 Å². The van der Waals surface area contributed by atoms with Gasteiger partial charge in [-0.15, -0.1) is 0 Å². The number of benzene rings is 2. The number of hydrogen-bond acceptors (Lipinski definition) is 7. The van der Waals surface area contributed by atoms with Crippen LogP contribution in [-0.2, 0) is 41.9 Å². The number of carbonyl (C=O) groups excluding carboxylic acids is 4. The van der Waals surface area contributed by atoms with Crippen LogP contribution in [0, 0.1) is 5.92 Å². The second-order valence-electron chi connectivity index (χ2n) is 9.84. The molecule has 1 saturated heterocycles. The topological polar surface area (TPSA) is 123 Å². The Morgan fingerprint density at radius 3 is 2.03 bits per heavy atom. The molecule has 2 amide bonds. The minimum atomic E-state index is -1.20. The van der Waals surface area contributed by atoms with E-state index in [-0.39, 0.29) is 31.5 Å². The number of nitrogens with one attached hydrogen (secondary N) is 3. The zero-order chi connectivity index (χ0) is 27.3. The summed E-state index contributed by atoms with van der Waals surface area (Å²) in [6, 6.07) is 15.8. The van der Waals surface area contributed by atoms with Crippen LogP contribution in [-0.4, -0.2) is 48.4 Å². The number of ether oxygens (including phenoxy) is 2. The summed E-state index contributed by atoms with van der Waals surface area (Å²) in [5.74, 6) is -2.15. The molecule has 3 rings (SSSR count). The summed E-state index contributed by atoms with van der Waals surface area (Å²) < 4.78 is 10.8. The van der Waals surface area contributed by atoms with E-state index in [4.69, 9.17) is 9.47 Å². The summed E-state index contributed by atoms with van der Waals surface area (Å²) in [6.45, 7) is 4.68. The summed E-state index contributed by atoms with van der Waals surface area (Å²) in [6.07, 6.45) is 1.45. The van der Waals surface area contributed by atoms with E-state index >= 15 is 0 Å². The van der Waals surface area contributed by atoms with Crippen LogP contribution >= 0.6 is 0 Å². The lowest BCUT2D eigenvalue weighted by Gasteiger charge is -2.24. The molecule has 0 bridgehead atoms. The first-order valence-corrected chi connectivity index (χ1v) is 13.1. The maximum atomic E-state index is 13.3. The molecule has 204 valence electrons. The first-order chi connectivity index (χ1) is 18.3. The van der Waals surface area contributed by atoms with Crippen LogP contribution in [0.4, 0.5) is 0 Å². The minimum Gasteiger partial charge on any atom is -0.461 e. The van der Waals surface area contributed by atoms with Crippen LogP contribution in [0.2, 0.25) is 0 Å². The molecule has 0 spiro atoms. The van der Waals surface area contributed by atoms with Gasteiger partial charge in [-0.2, -0.15) is 0 Å². The molecule has 1 aliphatic heterocycles. The molecule has 2 aromatic rings. The van der Waals surface area contributed by atoms with Gasteiger partial charge in [0, 0.05) is 0 Å². The average Bonchev–Trinajstić information content (AvgIpc) is 3.46. The highest BCUT2D eigenvalue weighted by atomic mass is 16.5. The largest absolute Gasteiger partial charge is 0.461 e. The van der Waals surface area contributed by atoms with Gasteiger partial charge in [-0.1, -0.05) is 74.5 Å². The van der Waals surface area contributed by atoms with Crippen molar-refractivity contribution in [2.45, 2.75) is 70.9 Å². The molecule has 9 nitrogen and oxygen atoms in total. The minimum absolute atomic E-state index is 0.0495. The van der Waals surface area contributed by atoms with Crippen molar-refractivity contribution >= 4 is 23.8 Å². The smallest absolute Gasteiger partial charge is 0.328 e. The van der Waals surface area contributed by atoms with Crippen LogP contribution < -0.4 is 16.0 Å². The predicted molar refractivity (Wildman–Crippen MR) is 141 cm³/mol. The molecule has 1 heterocycles. The predicted octanol–water partition coefficient (Wildman–Crippen LogP) is 2.63. The van der Waals surface area contributed by atoms with Crippen molar-refractivity contribution in [3.63, 3.8) is 0 Å². The Bertz CT molecular complexity index is 1050. The second kappa shape index (κ2) is 14.9. The molecule has 3 N–H and O–H groups in total. The molecule has 1 fully saturated rings. The van der Waals surface area contributed by atoms with Gasteiger partial charge < -0.3 is 25.4 Å². The van der Waals surface area contributed by atoms with Crippen LogP contribution in [0.1, 0.15) is 50.7 Å². The zero-order valence-corrected chi connectivity index (χ0v) is 22.0. The molecule has 0 unspecified atom stereocenters. The number of carbonyl (C=O) groups is 4. The van der Waals surface area contributed by atoms with Crippen LogP contribution in [0.3, 0.4) is 0 Å². The molecular formula is C29H37N3O6. The summed E-state index contributed by atoms with van der Waals surface area (Å²) in [4.78, 5) is 51.6. The molecule has 0 radical (unpaired) electrons. The lowest BCUT2D eigenvalue weighted by Crippen LogP contribution is -2.55. The fourth-order valence-corrected chi connectivity index (χ4v) is 4.14. The number of amides is 2. The Balaban J connectivity index is 1.65. The maximum absolute atomic E-state index is 13.3. The van der Waals surface area contributed by atoms with E-state index in [0.29, 0.717) is 19.4 Å². The molecule has 9 heteroatoms. The fraction of sp³-hybridized carbons (Fsp3) is 0.448. The number of hydrogen-bond donors (Lipinski definition) is 3. The number of esters is 2. The van der Waals surface area contributed by atoms with Crippen LogP contribution in [0.15, 0.2) is 60.7 Å². The molecule has 2 aromatic carbocycles. The SMILES string of the molecule is CC(C)C[C@H](NC(=O)[C@H](CC(=O)OCc1ccccc1)NC(=O)[C@@H]1CCCN1)C(=O)OCc1ccccc1. The second-order valence-corrected chi connectivity index (χ2v) is 9.84. The number of rotatable bonds is 13. The van der Waals surface area contributed by atoms with E-state index < -0.39 is 36.0 Å². The third-order valence-electron chi connectivity index (χ3n) is 6.16. The molecule has 0 aliphatic carbocycles. The Morgan fingerprint density at radius 1 is 0.868 bits per heavy atom. The third kappa shape index (κ3) is 9.63. The highest BCUT2D eigenvalue weighted by Crippen LogP contribution is 2.11.